The number of Topliss-reactive ketones (excluding diaryl/α,β-unsaturated/α-hetero) is 1. The summed E-state index contributed by atoms with van der Waals surface area (Å²) in [5, 5.41) is 4.20. The first-order valence-electron chi connectivity index (χ1n) is 5.49. The molecule has 1 heterocycles. The average Bonchev–Trinajstić information content (AvgIpc) is 2.80. The molecule has 0 N–H and O–H groups in total. The summed E-state index contributed by atoms with van der Waals surface area (Å²) in [6.07, 6.45) is 3.97. The van der Waals surface area contributed by atoms with Crippen molar-refractivity contribution >= 4 is 28.4 Å². The first-order valence-corrected chi connectivity index (χ1v) is 6.57. The van der Waals surface area contributed by atoms with Crippen molar-refractivity contribution in [3.05, 3.63) is 51.4 Å². The third-order valence-corrected chi connectivity index (χ3v) is 3.25. The van der Waals surface area contributed by atoms with E-state index in [9.17, 15) is 4.79 Å². The first-order chi connectivity index (χ1) is 8.19. The fourth-order valence-corrected chi connectivity index (χ4v) is 1.93. The van der Waals surface area contributed by atoms with Crippen LogP contribution >= 0.6 is 22.6 Å². The number of hydrogen-bond acceptors (Lipinski definition) is 2. The fraction of sp³-hybridized carbons (Fsp3) is 0.231. The number of benzene rings is 1. The van der Waals surface area contributed by atoms with Crippen molar-refractivity contribution in [2.24, 2.45) is 0 Å². The Labute approximate surface area is 114 Å². The Morgan fingerprint density at radius 2 is 2.06 bits per heavy atom. The topological polar surface area (TPSA) is 34.9 Å². The van der Waals surface area contributed by atoms with Gasteiger partial charge in [-0.2, -0.15) is 5.10 Å². The molecule has 0 fully saturated rings. The van der Waals surface area contributed by atoms with Gasteiger partial charge in [0.2, 0.25) is 0 Å². The van der Waals surface area contributed by atoms with Crippen LogP contribution in [0.1, 0.15) is 29.3 Å². The lowest BCUT2D eigenvalue weighted by molar-refractivity contribution is 0.0988. The highest BCUT2D eigenvalue weighted by atomic mass is 127. The SMILES string of the molecule is CCC(=O)c1cnn(Cc2ccc(I)cc2)c1. The highest BCUT2D eigenvalue weighted by Gasteiger charge is 2.06. The molecule has 0 aliphatic carbocycles. The summed E-state index contributed by atoms with van der Waals surface area (Å²) < 4.78 is 3.01. The Balaban J connectivity index is 2.11. The predicted molar refractivity (Wildman–Crippen MR) is 75.1 cm³/mol. The second-order valence-corrected chi connectivity index (χ2v) is 5.08. The molecule has 0 spiro atoms. The van der Waals surface area contributed by atoms with Crippen LogP contribution in [0.2, 0.25) is 0 Å². The van der Waals surface area contributed by atoms with E-state index in [0.717, 1.165) is 0 Å². The molecule has 1 aromatic carbocycles. The Morgan fingerprint density at radius 1 is 1.35 bits per heavy atom. The Hall–Kier alpha value is -1.17. The number of nitrogens with zero attached hydrogens (tertiary/aromatic N) is 2. The summed E-state index contributed by atoms with van der Waals surface area (Å²) in [6, 6.07) is 8.28. The van der Waals surface area contributed by atoms with Gasteiger partial charge in [0.05, 0.1) is 18.3 Å². The maximum Gasteiger partial charge on any atom is 0.165 e. The Bertz CT molecular complexity index is 516. The van der Waals surface area contributed by atoms with Crippen molar-refractivity contribution in [2.75, 3.05) is 0 Å². The van der Waals surface area contributed by atoms with Gasteiger partial charge < -0.3 is 0 Å². The molecule has 0 atom stereocenters. The van der Waals surface area contributed by atoms with Crippen LogP contribution in [0.4, 0.5) is 0 Å². The van der Waals surface area contributed by atoms with E-state index in [1.165, 1.54) is 9.13 Å². The molecule has 4 heteroatoms. The number of aromatic nitrogens is 2. The highest BCUT2D eigenvalue weighted by molar-refractivity contribution is 14.1. The van der Waals surface area contributed by atoms with E-state index in [0.29, 0.717) is 18.5 Å². The average molecular weight is 340 g/mol. The highest BCUT2D eigenvalue weighted by Crippen LogP contribution is 2.09. The number of hydrogen-bond donors (Lipinski definition) is 0. The monoisotopic (exact) mass is 340 g/mol. The second kappa shape index (κ2) is 5.44. The number of carbonyl (C=O) groups excluding carboxylic acids is 1. The van der Waals surface area contributed by atoms with E-state index < -0.39 is 0 Å². The van der Waals surface area contributed by atoms with Crippen LogP contribution < -0.4 is 0 Å². The minimum atomic E-state index is 0.138. The zero-order valence-electron chi connectivity index (χ0n) is 9.56. The Kier molecular flexibility index (Phi) is 3.93. The number of carbonyl (C=O) groups is 1. The van der Waals surface area contributed by atoms with Gasteiger partial charge in [0.25, 0.3) is 0 Å². The Morgan fingerprint density at radius 3 is 2.71 bits per heavy atom. The molecule has 1 aromatic heterocycles. The molecule has 0 unspecified atom stereocenters. The number of rotatable bonds is 4. The lowest BCUT2D eigenvalue weighted by Crippen LogP contribution is -2.00. The van der Waals surface area contributed by atoms with Crippen LogP contribution in [-0.2, 0) is 6.54 Å². The lowest BCUT2D eigenvalue weighted by atomic mass is 10.2. The quantitative estimate of drug-likeness (QED) is 0.633. The molecule has 88 valence electrons. The second-order valence-electron chi connectivity index (χ2n) is 3.83. The summed E-state index contributed by atoms with van der Waals surface area (Å²) in [5.74, 6) is 0.138. The van der Waals surface area contributed by atoms with Gasteiger partial charge in [-0.15, -0.1) is 0 Å². The van der Waals surface area contributed by atoms with Crippen LogP contribution in [0.3, 0.4) is 0 Å². The molecule has 0 aliphatic rings. The van der Waals surface area contributed by atoms with Crippen LogP contribution in [0, 0.1) is 3.57 Å². The summed E-state index contributed by atoms with van der Waals surface area (Å²) in [4.78, 5) is 11.5. The molecule has 0 aliphatic heterocycles. The van der Waals surface area contributed by atoms with Gasteiger partial charge in [-0.1, -0.05) is 19.1 Å². The van der Waals surface area contributed by atoms with Crippen LogP contribution in [0.25, 0.3) is 0 Å². The van der Waals surface area contributed by atoms with Crippen LogP contribution in [0.15, 0.2) is 36.7 Å². The summed E-state index contributed by atoms with van der Waals surface area (Å²) in [5.41, 5.74) is 1.88. The fourth-order valence-electron chi connectivity index (χ4n) is 1.58. The zero-order valence-corrected chi connectivity index (χ0v) is 11.7. The minimum absolute atomic E-state index is 0.138. The first kappa shape index (κ1) is 12.3. The van der Waals surface area contributed by atoms with Gasteiger partial charge in [-0.3, -0.25) is 9.48 Å². The summed E-state index contributed by atoms with van der Waals surface area (Å²) >= 11 is 2.28. The van der Waals surface area contributed by atoms with E-state index in [2.05, 4.69) is 52.0 Å². The molecule has 2 aromatic rings. The van der Waals surface area contributed by atoms with Crippen molar-refractivity contribution in [1.82, 2.24) is 9.78 Å². The zero-order chi connectivity index (χ0) is 12.3. The van der Waals surface area contributed by atoms with Crippen molar-refractivity contribution in [3.63, 3.8) is 0 Å². The van der Waals surface area contributed by atoms with Crippen molar-refractivity contribution in [2.45, 2.75) is 19.9 Å². The molecule has 0 saturated heterocycles. The molecule has 2 rings (SSSR count). The van der Waals surface area contributed by atoms with Gasteiger partial charge in [-0.25, -0.2) is 0 Å². The van der Waals surface area contributed by atoms with Crippen LogP contribution in [-0.4, -0.2) is 15.6 Å². The smallest absolute Gasteiger partial charge is 0.165 e. The van der Waals surface area contributed by atoms with Gasteiger partial charge in [0.1, 0.15) is 0 Å². The molecule has 0 amide bonds. The van der Waals surface area contributed by atoms with E-state index in [4.69, 9.17) is 0 Å². The van der Waals surface area contributed by atoms with E-state index >= 15 is 0 Å². The maximum absolute atomic E-state index is 11.5. The standard InChI is InChI=1S/C13H13IN2O/c1-2-13(17)11-7-15-16(9-11)8-10-3-5-12(14)6-4-10/h3-7,9H,2,8H2,1H3. The van der Waals surface area contributed by atoms with Crippen molar-refractivity contribution < 1.29 is 4.79 Å². The normalized spacial score (nSPS) is 10.5. The van der Waals surface area contributed by atoms with E-state index in [-0.39, 0.29) is 5.78 Å². The summed E-state index contributed by atoms with van der Waals surface area (Å²) in [6.45, 7) is 2.56. The molecule has 0 radical (unpaired) electrons. The maximum atomic E-state index is 11.5. The minimum Gasteiger partial charge on any atom is -0.294 e. The van der Waals surface area contributed by atoms with Gasteiger partial charge in [-0.05, 0) is 40.3 Å². The van der Waals surface area contributed by atoms with E-state index in [1.54, 1.807) is 10.9 Å². The molecule has 3 nitrogen and oxygen atoms in total. The van der Waals surface area contributed by atoms with Gasteiger partial charge in [0.15, 0.2) is 5.78 Å². The van der Waals surface area contributed by atoms with Gasteiger partial charge in [0, 0.05) is 16.2 Å². The van der Waals surface area contributed by atoms with Gasteiger partial charge >= 0.3 is 0 Å². The number of ketones is 1. The third kappa shape index (κ3) is 3.15. The molecule has 0 saturated carbocycles. The number of halogens is 1. The molecular weight excluding hydrogens is 327 g/mol. The molecule has 17 heavy (non-hydrogen) atoms. The molecule has 0 bridgehead atoms. The van der Waals surface area contributed by atoms with Crippen LogP contribution in [0.5, 0.6) is 0 Å². The van der Waals surface area contributed by atoms with E-state index in [1.807, 2.05) is 13.1 Å². The van der Waals surface area contributed by atoms with Crippen molar-refractivity contribution in [1.29, 1.82) is 0 Å². The van der Waals surface area contributed by atoms with Crippen molar-refractivity contribution in [3.8, 4) is 0 Å². The predicted octanol–water partition coefficient (Wildman–Crippen LogP) is 3.13. The third-order valence-electron chi connectivity index (χ3n) is 2.53. The summed E-state index contributed by atoms with van der Waals surface area (Å²) in [7, 11) is 0. The largest absolute Gasteiger partial charge is 0.294 e. The lowest BCUT2D eigenvalue weighted by Gasteiger charge is -2.01. The molecular formula is C13H13IN2O.